The summed E-state index contributed by atoms with van der Waals surface area (Å²) >= 11 is 1.52. The second kappa shape index (κ2) is 11.9. The smallest absolute Gasteiger partial charge is 0.478 e. The van der Waals surface area contributed by atoms with E-state index in [1.54, 1.807) is 18.2 Å². The Kier molecular flexibility index (Phi) is 8.57. The molecule has 0 atom stereocenters. The third-order valence-corrected chi connectivity index (χ3v) is 7.64. The van der Waals surface area contributed by atoms with E-state index in [9.17, 15) is 9.90 Å². The number of carboxylic acids is 1. The van der Waals surface area contributed by atoms with Crippen molar-refractivity contribution in [2.45, 2.75) is 13.8 Å². The number of anilines is 1. The standard InChI is InChI=1S/C28H26N6O3S.K/c1-3-37-25-23-22(31-28(33-25)34-13-11-29-12-14-34)21-16(2)30-24(32-26(21)38-23)18-9-7-17(8-10-18)19-5-4-6-20(15-19)27(35)36;/h4-10,15,29H,3,11-14H2,1-2H3,(H,35,36);/q;+1. The maximum atomic E-state index is 11.3. The number of hydrogen-bond donors (Lipinski definition) is 2. The van der Waals surface area contributed by atoms with E-state index in [0.29, 0.717) is 24.3 Å². The zero-order chi connectivity index (χ0) is 26.2. The molecule has 0 amide bonds. The van der Waals surface area contributed by atoms with E-state index in [4.69, 9.17) is 24.7 Å². The number of piperazine rings is 1. The van der Waals surface area contributed by atoms with Gasteiger partial charge in [0.1, 0.15) is 15.0 Å². The molecule has 1 saturated heterocycles. The Hall–Kier alpha value is -2.51. The summed E-state index contributed by atoms with van der Waals surface area (Å²) < 4.78 is 6.82. The Morgan fingerprint density at radius 2 is 1.77 bits per heavy atom. The molecule has 5 aromatic rings. The van der Waals surface area contributed by atoms with Crippen LogP contribution in [0.2, 0.25) is 0 Å². The topological polar surface area (TPSA) is 113 Å². The molecule has 6 rings (SSSR count). The summed E-state index contributed by atoms with van der Waals surface area (Å²) in [6, 6.07) is 14.8. The normalized spacial score (nSPS) is 13.4. The van der Waals surface area contributed by atoms with E-state index in [0.717, 1.165) is 69.0 Å². The molecule has 1 aliphatic rings. The second-order valence-electron chi connectivity index (χ2n) is 9.05. The van der Waals surface area contributed by atoms with Crippen LogP contribution in [0.15, 0.2) is 48.5 Å². The van der Waals surface area contributed by atoms with Gasteiger partial charge in [0, 0.05) is 31.7 Å². The van der Waals surface area contributed by atoms with Gasteiger partial charge < -0.3 is 20.1 Å². The fourth-order valence-corrected chi connectivity index (χ4v) is 5.79. The monoisotopic (exact) mass is 565 g/mol. The number of benzene rings is 2. The van der Waals surface area contributed by atoms with Crippen LogP contribution in [0.25, 0.3) is 42.9 Å². The van der Waals surface area contributed by atoms with Crippen molar-refractivity contribution in [3.05, 3.63) is 59.8 Å². The van der Waals surface area contributed by atoms with Gasteiger partial charge in [-0.3, -0.25) is 0 Å². The van der Waals surface area contributed by atoms with Gasteiger partial charge in [-0.1, -0.05) is 36.4 Å². The molecule has 3 aromatic heterocycles. The van der Waals surface area contributed by atoms with Crippen molar-refractivity contribution in [2.24, 2.45) is 0 Å². The fraction of sp³-hybridized carbons (Fsp3) is 0.250. The van der Waals surface area contributed by atoms with Crippen molar-refractivity contribution in [1.29, 1.82) is 0 Å². The van der Waals surface area contributed by atoms with Crippen LogP contribution in [0.3, 0.4) is 0 Å². The Morgan fingerprint density at radius 3 is 2.49 bits per heavy atom. The van der Waals surface area contributed by atoms with Crippen LogP contribution >= 0.6 is 11.3 Å². The fourth-order valence-electron chi connectivity index (χ4n) is 4.68. The molecular weight excluding hydrogens is 540 g/mol. The summed E-state index contributed by atoms with van der Waals surface area (Å²) in [7, 11) is 0. The maximum Gasteiger partial charge on any atom is 1.00 e. The van der Waals surface area contributed by atoms with E-state index < -0.39 is 5.97 Å². The van der Waals surface area contributed by atoms with Crippen LogP contribution in [0.4, 0.5) is 5.95 Å². The number of carbonyl (C=O) groups is 1. The molecule has 2 aromatic carbocycles. The molecule has 1 aliphatic heterocycles. The van der Waals surface area contributed by atoms with Gasteiger partial charge in [-0.05, 0) is 37.1 Å². The van der Waals surface area contributed by atoms with Crippen LogP contribution < -0.4 is 66.3 Å². The largest absolute Gasteiger partial charge is 1.00 e. The number of fused-ring (bicyclic) bond motifs is 3. The summed E-state index contributed by atoms with van der Waals surface area (Å²) in [6.07, 6.45) is 0. The minimum absolute atomic E-state index is 0. The van der Waals surface area contributed by atoms with Crippen LogP contribution in [0.1, 0.15) is 23.0 Å². The average Bonchev–Trinajstić information content (AvgIpc) is 3.33. The first kappa shape index (κ1) is 28.0. The molecule has 0 spiro atoms. The van der Waals surface area contributed by atoms with E-state index in [-0.39, 0.29) is 56.9 Å². The van der Waals surface area contributed by atoms with Crippen LogP contribution in [0, 0.1) is 6.92 Å². The number of ether oxygens (including phenoxy) is 1. The van der Waals surface area contributed by atoms with Gasteiger partial charge in [-0.2, -0.15) is 4.98 Å². The van der Waals surface area contributed by atoms with Gasteiger partial charge in [0.2, 0.25) is 11.8 Å². The summed E-state index contributed by atoms with van der Waals surface area (Å²) in [4.78, 5) is 33.8. The van der Waals surface area contributed by atoms with Crippen LogP contribution in [-0.2, 0) is 0 Å². The first-order valence-electron chi connectivity index (χ1n) is 12.5. The zero-order valence-electron chi connectivity index (χ0n) is 22.1. The van der Waals surface area contributed by atoms with Crippen molar-refractivity contribution in [1.82, 2.24) is 25.3 Å². The van der Waals surface area contributed by atoms with Gasteiger partial charge in [-0.25, -0.2) is 19.7 Å². The first-order chi connectivity index (χ1) is 18.5. The predicted molar refractivity (Wildman–Crippen MR) is 149 cm³/mol. The van der Waals surface area contributed by atoms with Crippen molar-refractivity contribution in [3.63, 3.8) is 0 Å². The van der Waals surface area contributed by atoms with E-state index in [1.807, 2.05) is 44.2 Å². The third-order valence-electron chi connectivity index (χ3n) is 6.58. The molecule has 39 heavy (non-hydrogen) atoms. The van der Waals surface area contributed by atoms with Gasteiger partial charge in [0.25, 0.3) is 0 Å². The zero-order valence-corrected chi connectivity index (χ0v) is 26.0. The molecule has 4 heterocycles. The molecule has 0 aliphatic carbocycles. The first-order valence-corrected chi connectivity index (χ1v) is 13.3. The van der Waals surface area contributed by atoms with E-state index in [1.165, 1.54) is 11.3 Å². The Morgan fingerprint density at radius 1 is 1.03 bits per heavy atom. The molecule has 0 saturated carbocycles. The van der Waals surface area contributed by atoms with Crippen molar-refractivity contribution >= 4 is 43.7 Å². The Bertz CT molecular complexity index is 1670. The number of carboxylic acid groups (broad SMARTS) is 1. The number of aromatic nitrogens is 4. The maximum absolute atomic E-state index is 11.3. The van der Waals surface area contributed by atoms with Crippen molar-refractivity contribution < 1.29 is 66.0 Å². The number of nitrogens with zero attached hydrogens (tertiary/aromatic N) is 5. The molecule has 0 radical (unpaired) electrons. The summed E-state index contributed by atoms with van der Waals surface area (Å²) in [5.74, 6) is 0.943. The SMILES string of the molecule is CCOc1nc(N2CCNCC2)nc2c1sc1nc(-c3ccc(-c4cccc(C(=O)O)c4)cc3)nc(C)c12.[K+]. The van der Waals surface area contributed by atoms with Crippen LogP contribution in [0.5, 0.6) is 5.88 Å². The van der Waals surface area contributed by atoms with Gasteiger partial charge in [0.05, 0.1) is 23.3 Å². The molecular formula is C28H26KN6O3S+. The molecule has 2 N–H and O–H groups in total. The summed E-state index contributed by atoms with van der Waals surface area (Å²) in [5, 5.41) is 13.6. The average molecular weight is 566 g/mol. The van der Waals surface area contributed by atoms with Crippen molar-refractivity contribution in [2.75, 3.05) is 37.7 Å². The molecule has 0 bridgehead atoms. The van der Waals surface area contributed by atoms with Crippen molar-refractivity contribution in [3.8, 4) is 28.4 Å². The van der Waals surface area contributed by atoms with E-state index in [2.05, 4.69) is 10.2 Å². The Balaban J connectivity index is 0.00000308. The second-order valence-corrected chi connectivity index (χ2v) is 10.1. The Labute approximate surface area is 272 Å². The molecule has 11 heteroatoms. The number of thiophene rings is 1. The number of aromatic carboxylic acids is 1. The summed E-state index contributed by atoms with van der Waals surface area (Å²) in [6.45, 7) is 7.93. The summed E-state index contributed by atoms with van der Waals surface area (Å²) in [5.41, 5.74) is 4.58. The molecule has 9 nitrogen and oxygen atoms in total. The van der Waals surface area contributed by atoms with Gasteiger partial charge in [-0.15, -0.1) is 11.3 Å². The molecule has 1 fully saturated rings. The number of rotatable bonds is 6. The quantitative estimate of drug-likeness (QED) is 0.298. The van der Waals surface area contributed by atoms with Gasteiger partial charge >= 0.3 is 57.4 Å². The van der Waals surface area contributed by atoms with Crippen LogP contribution in [-0.4, -0.2) is 63.8 Å². The molecule has 0 unspecified atom stereocenters. The third kappa shape index (κ3) is 5.57. The minimum atomic E-state index is -0.943. The van der Waals surface area contributed by atoms with E-state index >= 15 is 0 Å². The number of aryl methyl sites for hydroxylation is 1. The number of hydrogen-bond acceptors (Lipinski definition) is 9. The van der Waals surface area contributed by atoms with Gasteiger partial charge in [0.15, 0.2) is 5.82 Å². The minimum Gasteiger partial charge on any atom is -0.478 e. The molecule has 192 valence electrons. The predicted octanol–water partition coefficient (Wildman–Crippen LogP) is 1.79. The number of nitrogens with one attached hydrogen (secondary N) is 1.